The van der Waals surface area contributed by atoms with Crippen LogP contribution in [0.2, 0.25) is 0 Å². The maximum absolute atomic E-state index is 15.2. The molecule has 0 amide bonds. The summed E-state index contributed by atoms with van der Waals surface area (Å²) in [6.07, 6.45) is 15.1. The lowest BCUT2D eigenvalue weighted by molar-refractivity contribution is 0.220. The van der Waals surface area contributed by atoms with Gasteiger partial charge >= 0.3 is 8.25 Å². The second kappa shape index (κ2) is 26.5. The number of unbranched alkanes of at least 4 members (excludes halogenated alkanes) is 4. The van der Waals surface area contributed by atoms with Gasteiger partial charge in [0.1, 0.15) is 36.5 Å². The van der Waals surface area contributed by atoms with Crippen LogP contribution >= 0.6 is 8.25 Å². The fraction of sp³-hybridized carbons (Fsp3) is 0.360. The highest BCUT2D eigenvalue weighted by atomic mass is 31.1. The first-order valence-electron chi connectivity index (χ1n) is 22.1. The van der Waals surface area contributed by atoms with Crippen molar-refractivity contribution < 1.29 is 40.0 Å². The molecule has 340 valence electrons. The van der Waals surface area contributed by atoms with E-state index in [4.69, 9.17) is 17.9 Å². The molecular formula is C50H58F4N4O5P+. The van der Waals surface area contributed by atoms with E-state index >= 15 is 8.78 Å². The SMILES string of the molecule is O=[P+](OCCCNCc1cc(-c2ccoc2)c(NCCCCCc2ccc(F)cc2)cc1F)OCCCNCc1cc(-c2ccoc2)c(NCCCCCc2ccc(F)cc2)cc1F. The van der Waals surface area contributed by atoms with Crippen LogP contribution in [0, 0.1) is 23.3 Å². The average Bonchev–Trinajstić information content (AvgIpc) is 4.04. The lowest BCUT2D eigenvalue weighted by atomic mass is 10.0. The van der Waals surface area contributed by atoms with Gasteiger partial charge in [0.15, 0.2) is 0 Å². The van der Waals surface area contributed by atoms with Gasteiger partial charge in [0.2, 0.25) is 0 Å². The summed E-state index contributed by atoms with van der Waals surface area (Å²) in [5.74, 6) is -1.11. The molecule has 6 rings (SSSR count). The molecule has 0 saturated carbocycles. The second-order valence-corrected chi connectivity index (χ2v) is 16.6. The molecule has 0 aliphatic heterocycles. The van der Waals surface area contributed by atoms with Gasteiger partial charge in [-0.3, -0.25) is 0 Å². The molecule has 0 bridgehead atoms. The molecule has 0 aliphatic carbocycles. The Labute approximate surface area is 374 Å². The molecular weight excluding hydrogens is 844 g/mol. The lowest BCUT2D eigenvalue weighted by Crippen LogP contribution is -2.17. The van der Waals surface area contributed by atoms with E-state index < -0.39 is 8.25 Å². The minimum absolute atomic E-state index is 0.205. The number of hydrogen-bond acceptors (Lipinski definition) is 9. The first-order valence-corrected chi connectivity index (χ1v) is 23.2. The Balaban J connectivity index is 0.830. The molecule has 14 heteroatoms. The van der Waals surface area contributed by atoms with Crippen LogP contribution in [-0.2, 0) is 39.5 Å². The smallest absolute Gasteiger partial charge is 0.472 e. The van der Waals surface area contributed by atoms with Crippen molar-refractivity contribution in [2.24, 2.45) is 0 Å². The third-order valence-electron chi connectivity index (χ3n) is 10.8. The summed E-state index contributed by atoms with van der Waals surface area (Å²) in [6.45, 7) is 3.41. The molecule has 9 nitrogen and oxygen atoms in total. The largest absolute Gasteiger partial charge is 0.697 e. The number of halogens is 4. The molecule has 64 heavy (non-hydrogen) atoms. The first-order chi connectivity index (χ1) is 31.3. The van der Waals surface area contributed by atoms with E-state index in [1.807, 2.05) is 48.5 Å². The van der Waals surface area contributed by atoms with Crippen LogP contribution in [0.3, 0.4) is 0 Å². The van der Waals surface area contributed by atoms with Crippen molar-refractivity contribution in [3.05, 3.63) is 156 Å². The van der Waals surface area contributed by atoms with Crippen molar-refractivity contribution in [1.29, 1.82) is 0 Å². The number of hydrogen-bond donors (Lipinski definition) is 4. The Morgan fingerprint density at radius 1 is 0.500 bits per heavy atom. The van der Waals surface area contributed by atoms with Crippen LogP contribution < -0.4 is 21.3 Å². The minimum atomic E-state index is -2.30. The van der Waals surface area contributed by atoms with Gasteiger partial charge in [0, 0.05) is 75.5 Å². The molecule has 0 spiro atoms. The summed E-state index contributed by atoms with van der Waals surface area (Å²) in [7, 11) is -2.30. The molecule has 2 aromatic heterocycles. The molecule has 2 heterocycles. The van der Waals surface area contributed by atoms with E-state index in [1.165, 1.54) is 36.4 Å². The highest BCUT2D eigenvalue weighted by molar-refractivity contribution is 7.33. The zero-order valence-corrected chi connectivity index (χ0v) is 37.0. The Hall–Kier alpha value is -5.30. The predicted octanol–water partition coefficient (Wildman–Crippen LogP) is 12.8. The minimum Gasteiger partial charge on any atom is -0.472 e. The van der Waals surface area contributed by atoms with Gasteiger partial charge in [-0.25, -0.2) is 17.6 Å². The van der Waals surface area contributed by atoms with Gasteiger partial charge in [-0.15, -0.1) is 9.05 Å². The number of anilines is 2. The van der Waals surface area contributed by atoms with Gasteiger partial charge in [-0.05, 0) is 136 Å². The lowest BCUT2D eigenvalue weighted by Gasteiger charge is -2.15. The predicted molar refractivity (Wildman–Crippen MR) is 245 cm³/mol. The number of nitrogens with one attached hydrogen (secondary N) is 4. The number of rotatable bonds is 30. The Morgan fingerprint density at radius 3 is 1.34 bits per heavy atom. The van der Waals surface area contributed by atoms with Crippen LogP contribution in [0.1, 0.15) is 73.6 Å². The van der Waals surface area contributed by atoms with Crippen LogP contribution in [0.25, 0.3) is 22.3 Å². The van der Waals surface area contributed by atoms with E-state index in [0.717, 1.165) is 84.7 Å². The molecule has 0 fully saturated rings. The summed E-state index contributed by atoms with van der Waals surface area (Å²) in [6, 6.07) is 23.6. The van der Waals surface area contributed by atoms with Gasteiger partial charge < -0.3 is 30.1 Å². The fourth-order valence-electron chi connectivity index (χ4n) is 7.28. The maximum atomic E-state index is 15.2. The number of benzene rings is 4. The normalized spacial score (nSPS) is 11.3. The molecule has 0 saturated heterocycles. The Kier molecular flexibility index (Phi) is 19.9. The summed E-state index contributed by atoms with van der Waals surface area (Å²) in [4.78, 5) is 0. The highest BCUT2D eigenvalue weighted by Crippen LogP contribution is 2.33. The molecule has 0 atom stereocenters. The number of furan rings is 2. The third-order valence-corrected chi connectivity index (χ3v) is 11.6. The van der Waals surface area contributed by atoms with Crippen molar-refractivity contribution in [1.82, 2.24) is 10.6 Å². The zero-order valence-electron chi connectivity index (χ0n) is 36.1. The van der Waals surface area contributed by atoms with Crippen LogP contribution in [0.15, 0.2) is 119 Å². The van der Waals surface area contributed by atoms with Crippen LogP contribution in [0.4, 0.5) is 28.9 Å². The standard InChI is InChI=1S/C50H58F4N4O5P/c51-43-15-11-37(12-16-43)9-3-1-5-23-57-49-31-47(53)41(29-45(49)39-19-27-60-35-39)33-55-21-7-25-62-64(59)63-26-8-22-56-34-42-30-46(40-20-28-61-36-40)50(32-48(42)54)58-24-6-2-4-10-38-13-17-44(52)18-14-38/h11-20,27-32,35-36,55-58H,1-10,21-26,33-34H2/q+1. The van der Waals surface area contributed by atoms with Crippen LogP contribution in [-0.4, -0.2) is 39.4 Å². The molecule has 0 unspecified atom stereocenters. The topological polar surface area (TPSA) is 110 Å². The number of aryl methyl sites for hydroxylation is 2. The quantitative estimate of drug-likeness (QED) is 0.0200. The van der Waals surface area contributed by atoms with Crippen molar-refractivity contribution >= 4 is 19.6 Å². The highest BCUT2D eigenvalue weighted by Gasteiger charge is 2.20. The molecule has 4 N–H and O–H groups in total. The van der Waals surface area contributed by atoms with Gasteiger partial charge in [-0.1, -0.05) is 37.1 Å². The Morgan fingerprint density at radius 2 is 0.938 bits per heavy atom. The van der Waals surface area contributed by atoms with Crippen molar-refractivity contribution in [2.75, 3.05) is 50.0 Å². The molecule has 0 radical (unpaired) electrons. The van der Waals surface area contributed by atoms with Gasteiger partial charge in [0.25, 0.3) is 0 Å². The third kappa shape index (κ3) is 16.0. The van der Waals surface area contributed by atoms with Gasteiger partial charge in [0.05, 0.1) is 25.1 Å². The average molecular weight is 902 g/mol. The second-order valence-electron chi connectivity index (χ2n) is 15.7. The molecule has 0 aliphatic rings. The summed E-state index contributed by atoms with van der Waals surface area (Å²) in [5.41, 5.74) is 8.03. The maximum Gasteiger partial charge on any atom is 0.697 e. The monoisotopic (exact) mass is 901 g/mol. The van der Waals surface area contributed by atoms with Crippen molar-refractivity contribution in [2.45, 2.75) is 77.3 Å². The van der Waals surface area contributed by atoms with Gasteiger partial charge in [-0.2, -0.15) is 0 Å². The van der Waals surface area contributed by atoms with Crippen LogP contribution in [0.5, 0.6) is 0 Å². The molecule has 6 aromatic rings. The van der Waals surface area contributed by atoms with E-state index in [1.54, 1.807) is 25.1 Å². The first kappa shape index (κ1) is 48.2. The summed E-state index contributed by atoms with van der Waals surface area (Å²) in [5, 5.41) is 13.3. The van der Waals surface area contributed by atoms with Crippen molar-refractivity contribution in [3.63, 3.8) is 0 Å². The Bertz CT molecular complexity index is 2120. The summed E-state index contributed by atoms with van der Waals surface area (Å²) < 4.78 is 90.5. The van der Waals surface area contributed by atoms with Crippen molar-refractivity contribution in [3.8, 4) is 22.3 Å². The van der Waals surface area contributed by atoms with E-state index in [0.29, 0.717) is 74.6 Å². The van der Waals surface area contributed by atoms with E-state index in [2.05, 4.69) is 21.3 Å². The zero-order chi connectivity index (χ0) is 44.8. The van der Waals surface area contributed by atoms with E-state index in [-0.39, 0.29) is 36.5 Å². The summed E-state index contributed by atoms with van der Waals surface area (Å²) >= 11 is 0. The van der Waals surface area contributed by atoms with E-state index in [9.17, 15) is 13.3 Å². The molecule has 4 aromatic carbocycles. The fourth-order valence-corrected chi connectivity index (χ4v) is 7.91.